The summed E-state index contributed by atoms with van der Waals surface area (Å²) in [5.41, 5.74) is 4.72. The summed E-state index contributed by atoms with van der Waals surface area (Å²) < 4.78 is 1.92. The quantitative estimate of drug-likeness (QED) is 0.761. The molecule has 78 valence electrons. The number of hydrogen-bond donors (Lipinski definition) is 0. The molecule has 0 aliphatic carbocycles. The fourth-order valence-corrected chi connectivity index (χ4v) is 1.96. The molecule has 2 aromatic rings. The zero-order valence-electron chi connectivity index (χ0n) is 8.87. The summed E-state index contributed by atoms with van der Waals surface area (Å²) in [6.45, 7) is 4.11. The molecule has 0 saturated carbocycles. The van der Waals surface area contributed by atoms with Gasteiger partial charge in [-0.25, -0.2) is 4.68 Å². The maximum atomic E-state index is 4.40. The highest BCUT2D eigenvalue weighted by molar-refractivity contribution is 9.08. The molecule has 0 spiro atoms. The average Bonchev–Trinajstić information content (AvgIpc) is 2.64. The fraction of sp³-hybridized carbons (Fsp3) is 0.250. The van der Waals surface area contributed by atoms with Crippen LogP contribution in [0.4, 0.5) is 0 Å². The lowest BCUT2D eigenvalue weighted by atomic mass is 10.1. The predicted octanol–water partition coefficient (Wildman–Crippen LogP) is 3.38. The van der Waals surface area contributed by atoms with Crippen LogP contribution in [0, 0.1) is 13.8 Å². The van der Waals surface area contributed by atoms with Gasteiger partial charge in [0.05, 0.1) is 11.4 Å². The molecule has 0 bridgehead atoms. The minimum absolute atomic E-state index is 0.895. The Balaban J connectivity index is 2.45. The van der Waals surface area contributed by atoms with Crippen molar-refractivity contribution in [1.29, 1.82) is 0 Å². The first kappa shape index (κ1) is 10.4. The first-order chi connectivity index (χ1) is 7.20. The third-order valence-corrected chi connectivity index (χ3v) is 3.03. The van der Waals surface area contributed by atoms with Crippen molar-refractivity contribution in [2.45, 2.75) is 19.2 Å². The van der Waals surface area contributed by atoms with Crippen molar-refractivity contribution >= 4 is 15.9 Å². The number of aromatic nitrogens is 2. The Morgan fingerprint density at radius 2 is 2.07 bits per heavy atom. The second-order valence-electron chi connectivity index (χ2n) is 3.66. The molecule has 3 heteroatoms. The van der Waals surface area contributed by atoms with Crippen LogP contribution in [-0.2, 0) is 5.33 Å². The van der Waals surface area contributed by atoms with Crippen LogP contribution in [0.1, 0.15) is 16.8 Å². The van der Waals surface area contributed by atoms with Crippen LogP contribution >= 0.6 is 15.9 Å². The highest BCUT2D eigenvalue weighted by atomic mass is 79.9. The summed E-state index contributed by atoms with van der Waals surface area (Å²) in [6.07, 6.45) is 1.99. The second-order valence-corrected chi connectivity index (χ2v) is 4.22. The van der Waals surface area contributed by atoms with E-state index in [2.05, 4.69) is 46.2 Å². The smallest absolute Gasteiger partial charge is 0.0674 e. The number of aryl methyl sites for hydroxylation is 2. The highest BCUT2D eigenvalue weighted by Crippen LogP contribution is 2.17. The highest BCUT2D eigenvalue weighted by Gasteiger charge is 2.02. The zero-order chi connectivity index (χ0) is 10.8. The molecule has 0 unspecified atom stereocenters. The van der Waals surface area contributed by atoms with Crippen molar-refractivity contribution in [2.75, 3.05) is 0 Å². The number of rotatable bonds is 2. The number of hydrogen-bond acceptors (Lipinski definition) is 1. The summed E-state index contributed by atoms with van der Waals surface area (Å²) >= 11 is 3.45. The van der Waals surface area contributed by atoms with E-state index in [1.54, 1.807) is 0 Å². The molecule has 2 rings (SSSR count). The van der Waals surface area contributed by atoms with Crippen LogP contribution in [0.25, 0.3) is 5.69 Å². The first-order valence-corrected chi connectivity index (χ1v) is 6.01. The third-order valence-electron chi connectivity index (χ3n) is 2.38. The van der Waals surface area contributed by atoms with Crippen LogP contribution in [-0.4, -0.2) is 9.78 Å². The summed E-state index contributed by atoms with van der Waals surface area (Å²) in [7, 11) is 0. The van der Waals surface area contributed by atoms with Crippen molar-refractivity contribution in [3.05, 3.63) is 47.3 Å². The monoisotopic (exact) mass is 264 g/mol. The van der Waals surface area contributed by atoms with E-state index < -0.39 is 0 Å². The van der Waals surface area contributed by atoms with E-state index in [1.165, 1.54) is 11.1 Å². The first-order valence-electron chi connectivity index (χ1n) is 4.89. The van der Waals surface area contributed by atoms with E-state index in [9.17, 15) is 0 Å². The van der Waals surface area contributed by atoms with Gasteiger partial charge in [-0.05, 0) is 37.1 Å². The Labute approximate surface area is 98.1 Å². The molecule has 2 nitrogen and oxygen atoms in total. The van der Waals surface area contributed by atoms with Gasteiger partial charge >= 0.3 is 0 Å². The van der Waals surface area contributed by atoms with Gasteiger partial charge in [0.25, 0.3) is 0 Å². The van der Waals surface area contributed by atoms with Crippen molar-refractivity contribution in [3.63, 3.8) is 0 Å². The average molecular weight is 265 g/mol. The molecule has 0 aliphatic heterocycles. The molecule has 0 N–H and O–H groups in total. The van der Waals surface area contributed by atoms with E-state index >= 15 is 0 Å². The Morgan fingerprint density at radius 1 is 1.27 bits per heavy atom. The molecule has 0 atom stereocenters. The molecule has 0 radical (unpaired) electrons. The van der Waals surface area contributed by atoms with Gasteiger partial charge in [-0.2, -0.15) is 5.10 Å². The predicted molar refractivity (Wildman–Crippen MR) is 65.7 cm³/mol. The van der Waals surface area contributed by atoms with Crippen molar-refractivity contribution in [1.82, 2.24) is 9.78 Å². The SMILES string of the molecule is Cc1ccn(-c2ccc(CBr)cc2C)n1. The van der Waals surface area contributed by atoms with Crippen LogP contribution in [0.2, 0.25) is 0 Å². The lowest BCUT2D eigenvalue weighted by molar-refractivity contribution is 0.855. The van der Waals surface area contributed by atoms with E-state index in [-0.39, 0.29) is 0 Å². The van der Waals surface area contributed by atoms with Crippen molar-refractivity contribution in [2.24, 2.45) is 0 Å². The minimum Gasteiger partial charge on any atom is -0.240 e. The van der Waals surface area contributed by atoms with Gasteiger partial charge in [0.15, 0.2) is 0 Å². The Morgan fingerprint density at radius 3 is 2.60 bits per heavy atom. The maximum Gasteiger partial charge on any atom is 0.0674 e. The number of benzene rings is 1. The van der Waals surface area contributed by atoms with Gasteiger partial charge < -0.3 is 0 Å². The van der Waals surface area contributed by atoms with Gasteiger partial charge in [-0.15, -0.1) is 0 Å². The van der Waals surface area contributed by atoms with Crippen molar-refractivity contribution in [3.8, 4) is 5.69 Å². The summed E-state index contributed by atoms with van der Waals surface area (Å²) in [5, 5.41) is 5.30. The lowest BCUT2D eigenvalue weighted by Gasteiger charge is -2.07. The van der Waals surface area contributed by atoms with Gasteiger partial charge in [-0.3, -0.25) is 0 Å². The van der Waals surface area contributed by atoms with Gasteiger partial charge in [0.1, 0.15) is 0 Å². The van der Waals surface area contributed by atoms with E-state index in [1.807, 2.05) is 23.9 Å². The molecule has 0 saturated heterocycles. The molecule has 1 aromatic carbocycles. The molecule has 1 heterocycles. The summed E-state index contributed by atoms with van der Waals surface area (Å²) in [6, 6.07) is 8.42. The van der Waals surface area contributed by atoms with Gasteiger partial charge in [0, 0.05) is 11.5 Å². The van der Waals surface area contributed by atoms with Crippen LogP contribution in [0.5, 0.6) is 0 Å². The standard InChI is InChI=1S/C12H13BrN2/c1-9-7-11(8-13)3-4-12(9)15-6-5-10(2)14-15/h3-7H,8H2,1-2H3. The topological polar surface area (TPSA) is 17.8 Å². The normalized spacial score (nSPS) is 10.6. The third kappa shape index (κ3) is 2.12. The molecule has 0 amide bonds. The molecular formula is C12H13BrN2. The van der Waals surface area contributed by atoms with E-state index in [0.29, 0.717) is 0 Å². The van der Waals surface area contributed by atoms with Gasteiger partial charge in [0.2, 0.25) is 0 Å². The number of halogens is 1. The zero-order valence-corrected chi connectivity index (χ0v) is 10.5. The van der Waals surface area contributed by atoms with Crippen LogP contribution in [0.3, 0.4) is 0 Å². The van der Waals surface area contributed by atoms with E-state index in [0.717, 1.165) is 16.7 Å². The minimum atomic E-state index is 0.895. The Hall–Kier alpha value is -1.09. The summed E-state index contributed by atoms with van der Waals surface area (Å²) in [4.78, 5) is 0. The molecule has 0 fully saturated rings. The fourth-order valence-electron chi connectivity index (χ4n) is 1.61. The van der Waals surface area contributed by atoms with Gasteiger partial charge in [-0.1, -0.05) is 28.1 Å². The molecular weight excluding hydrogens is 252 g/mol. The maximum absolute atomic E-state index is 4.40. The molecule has 15 heavy (non-hydrogen) atoms. The van der Waals surface area contributed by atoms with E-state index in [4.69, 9.17) is 0 Å². The Kier molecular flexibility index (Phi) is 2.91. The number of nitrogens with zero attached hydrogens (tertiary/aromatic N) is 2. The summed E-state index contributed by atoms with van der Waals surface area (Å²) in [5.74, 6) is 0. The molecule has 0 aliphatic rings. The molecule has 1 aromatic heterocycles. The van der Waals surface area contributed by atoms with Crippen molar-refractivity contribution < 1.29 is 0 Å². The largest absolute Gasteiger partial charge is 0.240 e. The van der Waals surface area contributed by atoms with Crippen LogP contribution < -0.4 is 0 Å². The Bertz CT molecular complexity index is 474. The lowest BCUT2D eigenvalue weighted by Crippen LogP contribution is -1.98. The second kappa shape index (κ2) is 4.19. The number of alkyl halides is 1. The van der Waals surface area contributed by atoms with Crippen LogP contribution in [0.15, 0.2) is 30.5 Å².